The zero-order valence-electron chi connectivity index (χ0n) is 11.6. The van der Waals surface area contributed by atoms with Crippen LogP contribution in [0.1, 0.15) is 32.6 Å². The molecule has 0 radical (unpaired) electrons. The molecule has 1 aromatic carbocycles. The van der Waals surface area contributed by atoms with E-state index in [0.29, 0.717) is 5.56 Å². The number of halogens is 2. The molecule has 0 aliphatic carbocycles. The zero-order valence-corrected chi connectivity index (χ0v) is 11.6. The molecule has 2 rings (SSSR count). The summed E-state index contributed by atoms with van der Waals surface area (Å²) in [5.74, 6) is -1.35. The molecular weight excluding hydrogens is 260 g/mol. The minimum absolute atomic E-state index is 0.0582. The highest BCUT2D eigenvalue weighted by Crippen LogP contribution is 2.28. The molecule has 0 unspecified atom stereocenters. The van der Waals surface area contributed by atoms with E-state index in [1.54, 1.807) is 10.9 Å². The normalized spacial score (nSPS) is 10.9. The van der Waals surface area contributed by atoms with Crippen LogP contribution in [0, 0.1) is 11.6 Å². The number of aromatic nitrogens is 2. The van der Waals surface area contributed by atoms with Crippen molar-refractivity contribution in [2.24, 2.45) is 0 Å². The molecule has 0 amide bonds. The Labute approximate surface area is 117 Å². The number of aryl methyl sites for hydroxylation is 1. The number of rotatable bonds is 6. The van der Waals surface area contributed by atoms with Crippen LogP contribution >= 0.6 is 0 Å². The largest absolute Gasteiger partial charge is 0.396 e. The molecule has 0 bridgehead atoms. The predicted octanol–water partition coefficient (Wildman–Crippen LogP) is 3.99. The highest BCUT2D eigenvalue weighted by atomic mass is 19.1. The van der Waals surface area contributed by atoms with Gasteiger partial charge in [-0.2, -0.15) is 5.10 Å². The zero-order chi connectivity index (χ0) is 14.5. The molecule has 0 saturated carbocycles. The lowest BCUT2D eigenvalue weighted by Gasteiger charge is -2.04. The average Bonchev–Trinajstić information content (AvgIpc) is 2.88. The monoisotopic (exact) mass is 279 g/mol. The summed E-state index contributed by atoms with van der Waals surface area (Å²) in [6, 6.07) is 2.40. The van der Waals surface area contributed by atoms with Gasteiger partial charge in [-0.05, 0) is 18.6 Å². The van der Waals surface area contributed by atoms with E-state index >= 15 is 0 Å². The van der Waals surface area contributed by atoms with Crippen molar-refractivity contribution in [2.75, 3.05) is 5.73 Å². The molecule has 0 aliphatic rings. The van der Waals surface area contributed by atoms with Crippen LogP contribution in [-0.4, -0.2) is 9.78 Å². The number of nitrogens with zero attached hydrogens (tertiary/aromatic N) is 2. The van der Waals surface area contributed by atoms with Gasteiger partial charge >= 0.3 is 0 Å². The topological polar surface area (TPSA) is 43.8 Å². The molecule has 5 heteroatoms. The molecule has 0 aliphatic heterocycles. The number of nitrogen functional groups attached to an aromatic ring is 1. The van der Waals surface area contributed by atoms with Gasteiger partial charge in [-0.3, -0.25) is 4.68 Å². The summed E-state index contributed by atoms with van der Waals surface area (Å²) in [5.41, 5.74) is 5.73. The second-order valence-electron chi connectivity index (χ2n) is 4.88. The maximum absolute atomic E-state index is 13.9. The summed E-state index contributed by atoms with van der Waals surface area (Å²) >= 11 is 0. The molecule has 3 nitrogen and oxygen atoms in total. The van der Waals surface area contributed by atoms with Crippen LogP contribution in [-0.2, 0) is 6.54 Å². The minimum Gasteiger partial charge on any atom is -0.396 e. The number of hydrogen-bond acceptors (Lipinski definition) is 2. The molecule has 1 aromatic heterocycles. The van der Waals surface area contributed by atoms with Gasteiger partial charge in [0.2, 0.25) is 0 Å². The van der Waals surface area contributed by atoms with Gasteiger partial charge in [-0.25, -0.2) is 8.78 Å². The number of hydrogen-bond donors (Lipinski definition) is 1. The van der Waals surface area contributed by atoms with E-state index < -0.39 is 11.6 Å². The summed E-state index contributed by atoms with van der Waals surface area (Å²) in [5, 5.41) is 4.14. The molecule has 20 heavy (non-hydrogen) atoms. The first-order valence-electron chi connectivity index (χ1n) is 6.89. The standard InChI is InChI=1S/C15H19F2N3/c1-2-3-4-5-8-20-10-11(9-19-20)14-12(16)6-7-13(18)15(14)17/h6-7,9-10H,2-5,8,18H2,1H3. The highest BCUT2D eigenvalue weighted by Gasteiger charge is 2.15. The number of anilines is 1. The molecule has 0 saturated heterocycles. The van der Waals surface area contributed by atoms with Crippen molar-refractivity contribution >= 4 is 5.69 Å². The summed E-state index contributed by atoms with van der Waals surface area (Å²) in [4.78, 5) is 0. The summed E-state index contributed by atoms with van der Waals surface area (Å²) < 4.78 is 29.4. The number of benzene rings is 1. The Balaban J connectivity index is 2.15. The maximum Gasteiger partial charge on any atom is 0.156 e. The Morgan fingerprint density at radius 2 is 2.00 bits per heavy atom. The fraction of sp³-hybridized carbons (Fsp3) is 0.400. The lowest BCUT2D eigenvalue weighted by atomic mass is 10.1. The molecule has 2 N–H and O–H groups in total. The Kier molecular flexibility index (Phi) is 4.71. The SMILES string of the molecule is CCCCCCn1cc(-c2c(F)ccc(N)c2F)cn1. The lowest BCUT2D eigenvalue weighted by molar-refractivity contribution is 0.541. The number of unbranched alkanes of at least 4 members (excludes halogenated alkanes) is 3. The van der Waals surface area contributed by atoms with Crippen molar-refractivity contribution in [1.29, 1.82) is 0 Å². The van der Waals surface area contributed by atoms with E-state index in [1.807, 2.05) is 0 Å². The van der Waals surface area contributed by atoms with Crippen LogP contribution in [0.3, 0.4) is 0 Å². The van der Waals surface area contributed by atoms with Crippen molar-refractivity contribution in [3.63, 3.8) is 0 Å². The van der Waals surface area contributed by atoms with Crippen LogP contribution in [0.4, 0.5) is 14.5 Å². The Morgan fingerprint density at radius 1 is 1.20 bits per heavy atom. The fourth-order valence-corrected chi connectivity index (χ4v) is 2.15. The van der Waals surface area contributed by atoms with Gasteiger partial charge in [0.05, 0.1) is 17.4 Å². The number of nitrogens with two attached hydrogens (primary N) is 1. The lowest BCUT2D eigenvalue weighted by Crippen LogP contribution is -1.98. The fourth-order valence-electron chi connectivity index (χ4n) is 2.15. The van der Waals surface area contributed by atoms with E-state index in [0.717, 1.165) is 19.4 Å². The van der Waals surface area contributed by atoms with Crippen LogP contribution in [0.2, 0.25) is 0 Å². The van der Waals surface area contributed by atoms with Gasteiger partial charge in [0.25, 0.3) is 0 Å². The summed E-state index contributed by atoms with van der Waals surface area (Å²) in [6.45, 7) is 2.91. The average molecular weight is 279 g/mol. The van der Waals surface area contributed by atoms with E-state index in [4.69, 9.17) is 5.73 Å². The third kappa shape index (κ3) is 3.15. The molecule has 2 aromatic rings. The molecule has 1 heterocycles. The Bertz CT molecular complexity index is 578. The van der Waals surface area contributed by atoms with Crippen LogP contribution in [0.15, 0.2) is 24.5 Å². The molecule has 0 fully saturated rings. The van der Waals surface area contributed by atoms with Gasteiger partial charge in [-0.15, -0.1) is 0 Å². The van der Waals surface area contributed by atoms with E-state index in [1.165, 1.54) is 31.2 Å². The van der Waals surface area contributed by atoms with E-state index in [9.17, 15) is 8.78 Å². The van der Waals surface area contributed by atoms with Crippen LogP contribution in [0.25, 0.3) is 11.1 Å². The van der Waals surface area contributed by atoms with Gasteiger partial charge in [0.15, 0.2) is 5.82 Å². The van der Waals surface area contributed by atoms with Gasteiger partial charge in [0, 0.05) is 18.3 Å². The first-order chi connectivity index (χ1) is 9.63. The van der Waals surface area contributed by atoms with Gasteiger partial charge in [0.1, 0.15) is 5.82 Å². The molecule has 0 atom stereocenters. The van der Waals surface area contributed by atoms with Gasteiger partial charge in [-0.1, -0.05) is 26.2 Å². The van der Waals surface area contributed by atoms with E-state index in [2.05, 4.69) is 12.0 Å². The molecular formula is C15H19F2N3. The second-order valence-corrected chi connectivity index (χ2v) is 4.88. The third-order valence-corrected chi connectivity index (χ3v) is 3.28. The van der Waals surface area contributed by atoms with Crippen LogP contribution in [0.5, 0.6) is 0 Å². The first-order valence-corrected chi connectivity index (χ1v) is 6.89. The first kappa shape index (κ1) is 14.5. The van der Waals surface area contributed by atoms with Crippen molar-refractivity contribution in [3.05, 3.63) is 36.2 Å². The molecule has 108 valence electrons. The quantitative estimate of drug-likeness (QED) is 0.642. The van der Waals surface area contributed by atoms with Gasteiger partial charge < -0.3 is 5.73 Å². The Morgan fingerprint density at radius 3 is 2.75 bits per heavy atom. The second kappa shape index (κ2) is 6.50. The Hall–Kier alpha value is -1.91. The summed E-state index contributed by atoms with van der Waals surface area (Å²) in [7, 11) is 0. The minimum atomic E-state index is -0.726. The van der Waals surface area contributed by atoms with Crippen LogP contribution < -0.4 is 5.73 Å². The third-order valence-electron chi connectivity index (χ3n) is 3.28. The van der Waals surface area contributed by atoms with Crippen molar-refractivity contribution in [3.8, 4) is 11.1 Å². The summed E-state index contributed by atoms with van der Waals surface area (Å²) in [6.07, 6.45) is 7.63. The van der Waals surface area contributed by atoms with E-state index in [-0.39, 0.29) is 11.3 Å². The van der Waals surface area contributed by atoms with Crippen molar-refractivity contribution < 1.29 is 8.78 Å². The maximum atomic E-state index is 13.9. The smallest absolute Gasteiger partial charge is 0.156 e. The predicted molar refractivity (Wildman–Crippen MR) is 76.1 cm³/mol. The van der Waals surface area contributed by atoms with Crippen molar-refractivity contribution in [2.45, 2.75) is 39.2 Å². The molecule has 0 spiro atoms. The van der Waals surface area contributed by atoms with Crippen molar-refractivity contribution in [1.82, 2.24) is 9.78 Å². The highest BCUT2D eigenvalue weighted by molar-refractivity contribution is 5.68.